The lowest BCUT2D eigenvalue weighted by atomic mass is 10.2. The van der Waals surface area contributed by atoms with Crippen LogP contribution in [0.25, 0.3) is 0 Å². The van der Waals surface area contributed by atoms with Gasteiger partial charge in [0.2, 0.25) is 11.8 Å². The SMILES string of the molecule is CN(C)Cc1cc(C(N)=O)cnc1Oc1ccc(OC(F)(F)F)cc1. The van der Waals surface area contributed by atoms with Gasteiger partial charge in [-0.05, 0) is 44.4 Å². The Hall–Kier alpha value is -2.81. The van der Waals surface area contributed by atoms with E-state index in [2.05, 4.69) is 9.72 Å². The molecule has 2 rings (SSSR count). The molecule has 25 heavy (non-hydrogen) atoms. The highest BCUT2D eigenvalue weighted by Crippen LogP contribution is 2.28. The van der Waals surface area contributed by atoms with Gasteiger partial charge in [-0.2, -0.15) is 0 Å². The molecular formula is C16H16F3N3O3. The maximum atomic E-state index is 12.2. The van der Waals surface area contributed by atoms with E-state index in [1.165, 1.54) is 18.3 Å². The van der Waals surface area contributed by atoms with Gasteiger partial charge in [-0.15, -0.1) is 13.2 Å². The number of carbonyl (C=O) groups excluding carboxylic acids is 1. The summed E-state index contributed by atoms with van der Waals surface area (Å²) in [5, 5.41) is 0. The van der Waals surface area contributed by atoms with Crippen LogP contribution in [-0.4, -0.2) is 36.2 Å². The summed E-state index contributed by atoms with van der Waals surface area (Å²) in [5.41, 5.74) is 6.09. The first-order valence-electron chi connectivity index (χ1n) is 7.11. The van der Waals surface area contributed by atoms with E-state index in [1.54, 1.807) is 6.07 Å². The highest BCUT2D eigenvalue weighted by molar-refractivity contribution is 5.92. The molecule has 2 N–H and O–H groups in total. The van der Waals surface area contributed by atoms with Crippen LogP contribution in [0.1, 0.15) is 15.9 Å². The van der Waals surface area contributed by atoms with Crippen LogP contribution in [0.3, 0.4) is 0 Å². The van der Waals surface area contributed by atoms with Crippen LogP contribution in [0.5, 0.6) is 17.4 Å². The summed E-state index contributed by atoms with van der Waals surface area (Å²) in [5.74, 6) is -0.477. The number of ether oxygens (including phenoxy) is 2. The summed E-state index contributed by atoms with van der Waals surface area (Å²) in [6.07, 6.45) is -3.48. The summed E-state index contributed by atoms with van der Waals surface area (Å²) in [6.45, 7) is 0.429. The summed E-state index contributed by atoms with van der Waals surface area (Å²) in [6, 6.07) is 6.47. The molecule has 1 amide bonds. The Labute approximate surface area is 142 Å². The molecule has 0 saturated heterocycles. The molecule has 0 radical (unpaired) electrons. The van der Waals surface area contributed by atoms with E-state index in [-0.39, 0.29) is 22.9 Å². The second kappa shape index (κ2) is 7.39. The first kappa shape index (κ1) is 18.5. The molecule has 6 nitrogen and oxygen atoms in total. The summed E-state index contributed by atoms with van der Waals surface area (Å²) >= 11 is 0. The van der Waals surface area contributed by atoms with E-state index in [9.17, 15) is 18.0 Å². The first-order chi connectivity index (χ1) is 11.6. The fourth-order valence-corrected chi connectivity index (χ4v) is 2.00. The minimum atomic E-state index is -4.76. The number of nitrogens with two attached hydrogens (primary N) is 1. The molecule has 1 aromatic heterocycles. The third-order valence-electron chi connectivity index (χ3n) is 2.97. The van der Waals surface area contributed by atoms with Gasteiger partial charge in [0.1, 0.15) is 11.5 Å². The van der Waals surface area contributed by atoms with Gasteiger partial charge >= 0.3 is 6.36 Å². The van der Waals surface area contributed by atoms with Crippen molar-refractivity contribution in [1.29, 1.82) is 0 Å². The number of aromatic nitrogens is 1. The van der Waals surface area contributed by atoms with Gasteiger partial charge in [-0.3, -0.25) is 4.79 Å². The second-order valence-corrected chi connectivity index (χ2v) is 5.41. The van der Waals surface area contributed by atoms with Gasteiger partial charge in [0, 0.05) is 18.3 Å². The van der Waals surface area contributed by atoms with Gasteiger partial charge in [0.25, 0.3) is 0 Å². The number of amides is 1. The fourth-order valence-electron chi connectivity index (χ4n) is 2.00. The molecule has 0 aliphatic rings. The lowest BCUT2D eigenvalue weighted by molar-refractivity contribution is -0.274. The van der Waals surface area contributed by atoms with Gasteiger partial charge < -0.3 is 20.1 Å². The zero-order chi connectivity index (χ0) is 18.6. The molecule has 0 saturated carbocycles. The van der Waals surface area contributed by atoms with E-state index in [0.717, 1.165) is 12.1 Å². The predicted molar refractivity (Wildman–Crippen MR) is 83.3 cm³/mol. The normalized spacial score (nSPS) is 11.4. The van der Waals surface area contributed by atoms with Crippen LogP contribution in [0.2, 0.25) is 0 Å². The van der Waals surface area contributed by atoms with E-state index in [0.29, 0.717) is 12.1 Å². The van der Waals surface area contributed by atoms with Crippen LogP contribution in [0, 0.1) is 0 Å². The monoisotopic (exact) mass is 355 g/mol. The van der Waals surface area contributed by atoms with Crippen LogP contribution in [0.4, 0.5) is 13.2 Å². The summed E-state index contributed by atoms with van der Waals surface area (Å²) in [7, 11) is 3.65. The number of rotatable bonds is 6. The standard InChI is InChI=1S/C16H16F3N3O3/c1-22(2)9-11-7-10(14(20)23)8-21-15(11)24-12-3-5-13(6-4-12)25-16(17,18)19/h3-8H,9H2,1-2H3,(H2,20,23). The van der Waals surface area contributed by atoms with E-state index in [4.69, 9.17) is 10.5 Å². The number of carbonyl (C=O) groups is 1. The smallest absolute Gasteiger partial charge is 0.439 e. The molecule has 0 spiro atoms. The zero-order valence-electron chi connectivity index (χ0n) is 13.5. The number of halogens is 3. The Morgan fingerprint density at radius 2 is 1.80 bits per heavy atom. The number of benzene rings is 1. The molecule has 0 bridgehead atoms. The minimum absolute atomic E-state index is 0.225. The molecule has 0 atom stereocenters. The van der Waals surface area contributed by atoms with Crippen LogP contribution in [-0.2, 0) is 6.54 Å². The van der Waals surface area contributed by atoms with Crippen molar-refractivity contribution in [3.05, 3.63) is 47.7 Å². The molecule has 134 valence electrons. The maximum Gasteiger partial charge on any atom is 0.573 e. The zero-order valence-corrected chi connectivity index (χ0v) is 13.5. The Kier molecular flexibility index (Phi) is 5.48. The van der Waals surface area contributed by atoms with Crippen molar-refractivity contribution in [2.45, 2.75) is 12.9 Å². The number of primary amides is 1. The largest absolute Gasteiger partial charge is 0.573 e. The van der Waals surface area contributed by atoms with Gasteiger partial charge in [0.15, 0.2) is 0 Å². The van der Waals surface area contributed by atoms with Crippen molar-refractivity contribution >= 4 is 5.91 Å². The van der Waals surface area contributed by atoms with Crippen molar-refractivity contribution in [1.82, 2.24) is 9.88 Å². The molecule has 0 aliphatic carbocycles. The number of hydrogen-bond acceptors (Lipinski definition) is 5. The predicted octanol–water partition coefficient (Wildman–Crippen LogP) is 2.93. The van der Waals surface area contributed by atoms with Crippen molar-refractivity contribution in [2.24, 2.45) is 5.73 Å². The Bertz CT molecular complexity index is 747. The number of nitrogens with zero attached hydrogens (tertiary/aromatic N) is 2. The number of pyridine rings is 1. The molecule has 2 aromatic rings. The van der Waals surface area contributed by atoms with Gasteiger partial charge in [-0.1, -0.05) is 0 Å². The molecule has 0 fully saturated rings. The third-order valence-corrected chi connectivity index (χ3v) is 2.97. The van der Waals surface area contributed by atoms with Crippen LogP contribution < -0.4 is 15.2 Å². The Morgan fingerprint density at radius 1 is 1.20 bits per heavy atom. The van der Waals surface area contributed by atoms with Crippen LogP contribution in [0.15, 0.2) is 36.5 Å². The van der Waals surface area contributed by atoms with E-state index >= 15 is 0 Å². The molecule has 0 unspecified atom stereocenters. The molecule has 1 heterocycles. The van der Waals surface area contributed by atoms with E-state index < -0.39 is 12.3 Å². The quantitative estimate of drug-likeness (QED) is 0.862. The van der Waals surface area contributed by atoms with Gasteiger partial charge in [-0.25, -0.2) is 4.98 Å². The first-order valence-corrected chi connectivity index (χ1v) is 7.11. The summed E-state index contributed by atoms with van der Waals surface area (Å²) < 4.78 is 45.9. The molecule has 0 aliphatic heterocycles. The highest BCUT2D eigenvalue weighted by Gasteiger charge is 2.31. The maximum absolute atomic E-state index is 12.2. The number of alkyl halides is 3. The Balaban J connectivity index is 2.22. The van der Waals surface area contributed by atoms with Crippen molar-refractivity contribution in [3.63, 3.8) is 0 Å². The van der Waals surface area contributed by atoms with Crippen molar-refractivity contribution in [2.75, 3.05) is 14.1 Å². The molecular weight excluding hydrogens is 339 g/mol. The lowest BCUT2D eigenvalue weighted by Crippen LogP contribution is -2.17. The van der Waals surface area contributed by atoms with Crippen molar-refractivity contribution < 1.29 is 27.4 Å². The highest BCUT2D eigenvalue weighted by atomic mass is 19.4. The Morgan fingerprint density at radius 3 is 2.32 bits per heavy atom. The topological polar surface area (TPSA) is 77.7 Å². The average molecular weight is 355 g/mol. The van der Waals surface area contributed by atoms with E-state index in [1.807, 2.05) is 19.0 Å². The molecule has 1 aromatic carbocycles. The van der Waals surface area contributed by atoms with Crippen molar-refractivity contribution in [3.8, 4) is 17.4 Å². The van der Waals surface area contributed by atoms with Gasteiger partial charge in [0.05, 0.1) is 5.56 Å². The van der Waals surface area contributed by atoms with Crippen LogP contribution >= 0.6 is 0 Å². The fraction of sp³-hybridized carbons (Fsp3) is 0.250. The average Bonchev–Trinajstić information content (AvgIpc) is 2.48. The lowest BCUT2D eigenvalue weighted by Gasteiger charge is -2.15. The second-order valence-electron chi connectivity index (χ2n) is 5.41. The molecule has 9 heteroatoms. The number of hydrogen-bond donors (Lipinski definition) is 1. The minimum Gasteiger partial charge on any atom is -0.439 e. The third kappa shape index (κ3) is 5.64. The summed E-state index contributed by atoms with van der Waals surface area (Å²) in [4.78, 5) is 17.2.